The topological polar surface area (TPSA) is 95.5 Å². The fraction of sp³-hybridized carbons (Fsp3) is 0.368. The molecule has 1 amide bonds. The number of rotatable bonds is 6. The Morgan fingerprint density at radius 3 is 2.75 bits per heavy atom. The Hall–Kier alpha value is -3.10. The number of nitrogens with zero attached hydrogens (tertiary/aromatic N) is 3. The molecule has 0 N–H and O–H groups in total. The molecule has 1 aliphatic rings. The molecule has 1 unspecified atom stereocenters. The average Bonchev–Trinajstić information content (AvgIpc) is 2.96. The molecule has 2 aromatic rings. The second-order valence-electron chi connectivity index (χ2n) is 6.82. The number of carboxylic acid groups (broad SMARTS) is 1. The number of ether oxygens (including phenoxy) is 1. The highest BCUT2D eigenvalue weighted by Gasteiger charge is 2.34. The normalized spacial score (nSPS) is 14.8. The maximum absolute atomic E-state index is 13.0. The van der Waals surface area contributed by atoms with Gasteiger partial charge in [0.15, 0.2) is 6.61 Å². The van der Waals surface area contributed by atoms with Crippen LogP contribution in [0.5, 0.6) is 5.75 Å². The highest BCUT2D eigenvalue weighted by molar-refractivity contribution is 6.01. The van der Waals surface area contributed by atoms with E-state index in [1.54, 1.807) is 19.9 Å². The molecule has 0 saturated heterocycles. The van der Waals surface area contributed by atoms with Crippen LogP contribution in [-0.2, 0) is 6.54 Å². The Balaban J connectivity index is 1.82. The predicted octanol–water partition coefficient (Wildman–Crippen LogP) is 1.90. The Morgan fingerprint density at radius 1 is 1.43 bits per heavy atom. The zero-order chi connectivity index (χ0) is 20.6. The number of aromatic carboxylic acids is 1. The van der Waals surface area contributed by atoms with E-state index in [0.717, 1.165) is 6.92 Å². The molecule has 1 aliphatic heterocycles. The molecule has 0 spiro atoms. The number of carbonyl (C=O) groups excluding carboxylic acids is 2. The number of pyridine rings is 2. The number of aryl methyl sites for hydroxylation is 1. The van der Waals surface area contributed by atoms with Crippen LogP contribution in [0.1, 0.15) is 57.6 Å². The molecule has 0 radical (unpaired) electrons. The first kappa shape index (κ1) is 19.7. The number of fused-ring (bicyclic) bond motifs is 1. The van der Waals surface area contributed by atoms with Gasteiger partial charge in [0, 0.05) is 30.8 Å². The van der Waals surface area contributed by atoms with Crippen molar-refractivity contribution in [1.82, 2.24) is 14.9 Å². The van der Waals surface area contributed by atoms with Gasteiger partial charge in [-0.3, -0.25) is 14.8 Å². The fourth-order valence-corrected chi connectivity index (χ4v) is 3.05. The van der Waals surface area contributed by atoms with Crippen molar-refractivity contribution in [2.75, 3.05) is 6.61 Å². The summed E-state index contributed by atoms with van der Waals surface area (Å²) >= 11 is 0. The SMILES string of the molecule is Cc1cc(C(C)N2Cc3c(ccnc3C(=O)[O-])C2=O)ncc1OCC(C)(F)F. The van der Waals surface area contributed by atoms with Crippen molar-refractivity contribution < 1.29 is 28.2 Å². The summed E-state index contributed by atoms with van der Waals surface area (Å²) in [5.41, 5.74) is 1.44. The third-order valence-corrected chi connectivity index (χ3v) is 4.53. The number of hydrogen-bond donors (Lipinski definition) is 0. The minimum absolute atomic E-state index is 0.0630. The molecule has 28 heavy (non-hydrogen) atoms. The van der Waals surface area contributed by atoms with Gasteiger partial charge in [0.25, 0.3) is 11.8 Å². The zero-order valence-corrected chi connectivity index (χ0v) is 15.5. The van der Waals surface area contributed by atoms with E-state index in [0.29, 0.717) is 16.8 Å². The van der Waals surface area contributed by atoms with Gasteiger partial charge in [-0.05, 0) is 31.5 Å². The van der Waals surface area contributed by atoms with Gasteiger partial charge in [0.2, 0.25) is 0 Å². The zero-order valence-electron chi connectivity index (χ0n) is 15.5. The Morgan fingerprint density at radius 2 is 2.14 bits per heavy atom. The first-order chi connectivity index (χ1) is 13.1. The van der Waals surface area contributed by atoms with Crippen molar-refractivity contribution in [2.24, 2.45) is 0 Å². The van der Waals surface area contributed by atoms with E-state index < -0.39 is 24.5 Å². The minimum Gasteiger partial charge on any atom is -0.543 e. The van der Waals surface area contributed by atoms with Gasteiger partial charge in [-0.2, -0.15) is 0 Å². The largest absolute Gasteiger partial charge is 0.543 e. The van der Waals surface area contributed by atoms with E-state index in [-0.39, 0.29) is 29.5 Å². The van der Waals surface area contributed by atoms with E-state index in [4.69, 9.17) is 4.74 Å². The molecule has 3 heterocycles. The van der Waals surface area contributed by atoms with Crippen LogP contribution in [0.25, 0.3) is 0 Å². The molecule has 1 atom stereocenters. The highest BCUT2D eigenvalue weighted by Crippen LogP contribution is 2.32. The Labute approximate surface area is 160 Å². The molecule has 2 aromatic heterocycles. The number of amides is 1. The monoisotopic (exact) mass is 390 g/mol. The van der Waals surface area contributed by atoms with Gasteiger partial charge in [0.05, 0.1) is 29.6 Å². The van der Waals surface area contributed by atoms with Gasteiger partial charge in [-0.1, -0.05) is 0 Å². The van der Waals surface area contributed by atoms with Crippen molar-refractivity contribution in [3.05, 3.63) is 52.6 Å². The molecule has 7 nitrogen and oxygen atoms in total. The average molecular weight is 390 g/mol. The lowest BCUT2D eigenvalue weighted by molar-refractivity contribution is -0.255. The molecule has 0 aromatic carbocycles. The van der Waals surface area contributed by atoms with E-state index in [1.807, 2.05) is 0 Å². The van der Waals surface area contributed by atoms with E-state index in [9.17, 15) is 23.5 Å². The first-order valence-corrected chi connectivity index (χ1v) is 8.56. The van der Waals surface area contributed by atoms with Crippen LogP contribution in [0, 0.1) is 6.92 Å². The molecule has 148 valence electrons. The predicted molar refractivity (Wildman–Crippen MR) is 91.9 cm³/mol. The maximum Gasteiger partial charge on any atom is 0.278 e. The van der Waals surface area contributed by atoms with E-state index in [2.05, 4.69) is 9.97 Å². The lowest BCUT2D eigenvalue weighted by Gasteiger charge is -2.24. The minimum atomic E-state index is -2.96. The quantitative estimate of drug-likeness (QED) is 0.748. The van der Waals surface area contributed by atoms with Crippen LogP contribution in [0.3, 0.4) is 0 Å². The lowest BCUT2D eigenvalue weighted by atomic mass is 10.1. The van der Waals surface area contributed by atoms with Gasteiger partial charge in [-0.25, -0.2) is 8.78 Å². The third-order valence-electron chi connectivity index (χ3n) is 4.53. The summed E-state index contributed by atoms with van der Waals surface area (Å²) in [6.07, 6.45) is 2.60. The number of carboxylic acids is 1. The van der Waals surface area contributed by atoms with Crippen molar-refractivity contribution in [1.29, 1.82) is 0 Å². The van der Waals surface area contributed by atoms with Gasteiger partial charge >= 0.3 is 0 Å². The van der Waals surface area contributed by atoms with Crippen LogP contribution in [0.2, 0.25) is 0 Å². The van der Waals surface area contributed by atoms with Crippen molar-refractivity contribution in [3.63, 3.8) is 0 Å². The fourth-order valence-electron chi connectivity index (χ4n) is 3.05. The summed E-state index contributed by atoms with van der Waals surface area (Å²) in [5.74, 6) is -4.51. The van der Waals surface area contributed by atoms with Crippen LogP contribution >= 0.6 is 0 Å². The summed E-state index contributed by atoms with van der Waals surface area (Å²) < 4.78 is 31.0. The lowest BCUT2D eigenvalue weighted by Crippen LogP contribution is -2.28. The molecule has 0 bridgehead atoms. The standard InChI is InChI=1S/C19H19F2N3O4/c1-10-6-14(23-7-15(10)28-9-19(3,20)21)11(2)24-8-13-12(17(24)25)4-5-22-16(13)18(26)27/h4-7,11H,8-9H2,1-3H3,(H,26,27)/p-1. The number of hydrogen-bond acceptors (Lipinski definition) is 6. The number of halogens is 2. The van der Waals surface area contributed by atoms with E-state index in [1.165, 1.54) is 23.4 Å². The molecule has 0 fully saturated rings. The molecule has 3 rings (SSSR count). The number of aromatic nitrogens is 2. The van der Waals surface area contributed by atoms with Crippen molar-refractivity contribution >= 4 is 11.9 Å². The summed E-state index contributed by atoms with van der Waals surface area (Å²) in [5, 5.41) is 11.2. The smallest absolute Gasteiger partial charge is 0.278 e. The van der Waals surface area contributed by atoms with Crippen LogP contribution in [0.15, 0.2) is 24.5 Å². The number of carbonyl (C=O) groups is 2. The highest BCUT2D eigenvalue weighted by atomic mass is 19.3. The first-order valence-electron chi connectivity index (χ1n) is 8.56. The summed E-state index contributed by atoms with van der Waals surface area (Å²) in [7, 11) is 0. The second kappa shape index (κ2) is 7.14. The van der Waals surface area contributed by atoms with Crippen LogP contribution in [-0.4, -0.2) is 39.3 Å². The van der Waals surface area contributed by atoms with Crippen LogP contribution < -0.4 is 9.84 Å². The summed E-state index contributed by atoms with van der Waals surface area (Å²) in [6, 6.07) is 2.65. The van der Waals surface area contributed by atoms with Gasteiger partial charge in [-0.15, -0.1) is 0 Å². The van der Waals surface area contributed by atoms with Gasteiger partial charge in [0.1, 0.15) is 5.75 Å². The van der Waals surface area contributed by atoms with Crippen LogP contribution in [0.4, 0.5) is 8.78 Å². The van der Waals surface area contributed by atoms with E-state index >= 15 is 0 Å². The molecular formula is C19H18F2N3O4-. The maximum atomic E-state index is 13.0. The number of alkyl halides is 2. The summed E-state index contributed by atoms with van der Waals surface area (Å²) in [6.45, 7) is 3.51. The summed E-state index contributed by atoms with van der Waals surface area (Å²) in [4.78, 5) is 33.4. The van der Waals surface area contributed by atoms with Crippen molar-refractivity contribution in [3.8, 4) is 5.75 Å². The van der Waals surface area contributed by atoms with Crippen molar-refractivity contribution in [2.45, 2.75) is 39.3 Å². The molecule has 9 heteroatoms. The third kappa shape index (κ3) is 3.78. The Kier molecular flexibility index (Phi) is 5.01. The molecule has 0 saturated carbocycles. The Bertz CT molecular complexity index is 943. The molecule has 0 aliphatic carbocycles. The molecular weight excluding hydrogens is 372 g/mol. The second-order valence-corrected chi connectivity index (χ2v) is 6.82. The van der Waals surface area contributed by atoms with Gasteiger partial charge < -0.3 is 19.5 Å².